The van der Waals surface area contributed by atoms with Crippen LogP contribution in [0, 0.1) is 17.0 Å². The van der Waals surface area contributed by atoms with Crippen LogP contribution in [0.1, 0.15) is 5.69 Å². The summed E-state index contributed by atoms with van der Waals surface area (Å²) in [5, 5.41) is 29.9. The number of pyridine rings is 1. The molecule has 112 valence electrons. The van der Waals surface area contributed by atoms with Crippen LogP contribution in [0.5, 0.6) is 0 Å². The lowest BCUT2D eigenvalue weighted by Gasteiger charge is -2.24. The minimum Gasteiger partial charge on any atom is -0.395 e. The number of aryl methyl sites for hydroxylation is 1. The van der Waals surface area contributed by atoms with Crippen molar-refractivity contribution in [2.75, 3.05) is 31.2 Å². The van der Waals surface area contributed by atoms with Crippen LogP contribution in [-0.4, -0.2) is 46.4 Å². The monoisotopic (exact) mass is 291 g/mol. The molecule has 7 heteroatoms. The number of aliphatic hydroxyl groups excluding tert-OH is 2. The normalized spacial score (nSPS) is 10.8. The Bertz CT molecular complexity index is 654. The Morgan fingerprint density at radius 1 is 1.24 bits per heavy atom. The second kappa shape index (κ2) is 6.47. The average Bonchev–Trinajstić information content (AvgIpc) is 2.45. The Balaban J connectivity index is 2.63. The van der Waals surface area contributed by atoms with Crippen molar-refractivity contribution < 1.29 is 15.1 Å². The van der Waals surface area contributed by atoms with E-state index in [1.165, 1.54) is 12.1 Å². The van der Waals surface area contributed by atoms with Crippen molar-refractivity contribution in [2.45, 2.75) is 6.92 Å². The van der Waals surface area contributed by atoms with Crippen LogP contribution in [-0.2, 0) is 0 Å². The number of hydrogen-bond donors (Lipinski definition) is 2. The van der Waals surface area contributed by atoms with Crippen LogP contribution in [0.3, 0.4) is 0 Å². The molecule has 0 bridgehead atoms. The zero-order chi connectivity index (χ0) is 15.4. The van der Waals surface area contributed by atoms with Gasteiger partial charge in [0.05, 0.1) is 23.7 Å². The average molecular weight is 291 g/mol. The Labute approximate surface area is 121 Å². The van der Waals surface area contributed by atoms with Crippen molar-refractivity contribution in [1.82, 2.24) is 4.98 Å². The molecule has 0 atom stereocenters. The van der Waals surface area contributed by atoms with Crippen molar-refractivity contribution in [3.63, 3.8) is 0 Å². The van der Waals surface area contributed by atoms with Crippen LogP contribution in [0.15, 0.2) is 24.3 Å². The summed E-state index contributed by atoms with van der Waals surface area (Å²) in [7, 11) is 0. The molecular formula is C14H17N3O4. The van der Waals surface area contributed by atoms with Crippen molar-refractivity contribution in [1.29, 1.82) is 0 Å². The number of benzene rings is 1. The summed E-state index contributed by atoms with van der Waals surface area (Å²) in [5.74, 6) is 0. The van der Waals surface area contributed by atoms with Gasteiger partial charge < -0.3 is 15.1 Å². The number of anilines is 1. The van der Waals surface area contributed by atoms with Gasteiger partial charge >= 0.3 is 0 Å². The molecule has 0 aliphatic rings. The zero-order valence-corrected chi connectivity index (χ0v) is 11.7. The van der Waals surface area contributed by atoms with Gasteiger partial charge in [0.15, 0.2) is 0 Å². The molecule has 2 N–H and O–H groups in total. The van der Waals surface area contributed by atoms with Crippen molar-refractivity contribution in [2.24, 2.45) is 0 Å². The molecule has 1 aromatic carbocycles. The third-order valence-electron chi connectivity index (χ3n) is 3.19. The summed E-state index contributed by atoms with van der Waals surface area (Å²) in [6.07, 6.45) is 0. The zero-order valence-electron chi connectivity index (χ0n) is 11.7. The van der Waals surface area contributed by atoms with E-state index in [0.717, 1.165) is 11.4 Å². The number of nitrogens with zero attached hydrogens (tertiary/aromatic N) is 3. The molecule has 7 nitrogen and oxygen atoms in total. The molecule has 0 spiro atoms. The highest BCUT2D eigenvalue weighted by molar-refractivity contribution is 5.93. The molecule has 21 heavy (non-hydrogen) atoms. The molecule has 0 aliphatic carbocycles. The second-order valence-corrected chi connectivity index (χ2v) is 4.68. The maximum Gasteiger partial charge on any atom is 0.270 e. The highest BCUT2D eigenvalue weighted by Gasteiger charge is 2.15. The fraction of sp³-hybridized carbons (Fsp3) is 0.357. The standard InChI is InChI=1S/C14H17N3O4/c1-10-8-14(16(4-6-18)5-7-19)12-9-11(17(20)21)2-3-13(12)15-10/h2-3,8-9,18-19H,4-7H2,1H3. The van der Waals surface area contributed by atoms with Gasteiger partial charge in [-0.25, -0.2) is 0 Å². The van der Waals surface area contributed by atoms with Crippen LogP contribution in [0.25, 0.3) is 10.9 Å². The molecule has 1 heterocycles. The summed E-state index contributed by atoms with van der Waals surface area (Å²) in [4.78, 5) is 16.6. The fourth-order valence-corrected chi connectivity index (χ4v) is 2.29. The van der Waals surface area contributed by atoms with E-state index < -0.39 is 4.92 Å². The van der Waals surface area contributed by atoms with E-state index >= 15 is 0 Å². The lowest BCUT2D eigenvalue weighted by atomic mass is 10.1. The van der Waals surface area contributed by atoms with Gasteiger partial charge in [-0.2, -0.15) is 0 Å². The van der Waals surface area contributed by atoms with E-state index in [1.54, 1.807) is 17.0 Å². The van der Waals surface area contributed by atoms with E-state index in [0.29, 0.717) is 24.0 Å². The van der Waals surface area contributed by atoms with Gasteiger partial charge in [-0.05, 0) is 19.1 Å². The highest BCUT2D eigenvalue weighted by Crippen LogP contribution is 2.29. The topological polar surface area (TPSA) is 99.7 Å². The number of hydrogen-bond acceptors (Lipinski definition) is 6. The summed E-state index contributed by atoms with van der Waals surface area (Å²) >= 11 is 0. The second-order valence-electron chi connectivity index (χ2n) is 4.68. The SMILES string of the molecule is Cc1cc(N(CCO)CCO)c2cc([N+](=O)[O-])ccc2n1. The first-order chi connectivity index (χ1) is 10.1. The van der Waals surface area contributed by atoms with E-state index in [1.807, 2.05) is 6.92 Å². The first-order valence-corrected chi connectivity index (χ1v) is 6.59. The summed E-state index contributed by atoms with van der Waals surface area (Å²) < 4.78 is 0. The van der Waals surface area contributed by atoms with Crippen molar-refractivity contribution >= 4 is 22.3 Å². The van der Waals surface area contributed by atoms with Crippen LogP contribution >= 0.6 is 0 Å². The highest BCUT2D eigenvalue weighted by atomic mass is 16.6. The number of rotatable bonds is 6. The van der Waals surface area contributed by atoms with Crippen LogP contribution < -0.4 is 4.90 Å². The quantitative estimate of drug-likeness (QED) is 0.613. The van der Waals surface area contributed by atoms with Gasteiger partial charge in [0.1, 0.15) is 0 Å². The minimum atomic E-state index is -0.453. The van der Waals surface area contributed by atoms with E-state index in [2.05, 4.69) is 4.98 Å². The van der Waals surface area contributed by atoms with E-state index in [9.17, 15) is 10.1 Å². The lowest BCUT2D eigenvalue weighted by Crippen LogP contribution is -2.30. The van der Waals surface area contributed by atoms with Gasteiger partial charge in [-0.3, -0.25) is 15.1 Å². The Morgan fingerprint density at radius 2 is 1.90 bits per heavy atom. The number of nitro groups is 1. The smallest absolute Gasteiger partial charge is 0.270 e. The van der Waals surface area contributed by atoms with Crippen molar-refractivity contribution in [3.05, 3.63) is 40.1 Å². The molecule has 0 saturated heterocycles. The Morgan fingerprint density at radius 3 is 2.48 bits per heavy atom. The maximum absolute atomic E-state index is 10.9. The van der Waals surface area contributed by atoms with E-state index in [-0.39, 0.29) is 18.9 Å². The molecule has 0 fully saturated rings. The number of nitro benzene ring substituents is 1. The molecule has 0 radical (unpaired) electrons. The molecule has 1 aromatic heterocycles. The third-order valence-corrected chi connectivity index (χ3v) is 3.19. The number of non-ortho nitro benzene ring substituents is 1. The molecule has 0 saturated carbocycles. The van der Waals surface area contributed by atoms with Gasteiger partial charge in [-0.1, -0.05) is 0 Å². The summed E-state index contributed by atoms with van der Waals surface area (Å²) in [6, 6.07) is 6.30. The maximum atomic E-state index is 10.9. The molecule has 2 aromatic rings. The predicted molar refractivity (Wildman–Crippen MR) is 79.5 cm³/mol. The number of aromatic nitrogens is 1. The summed E-state index contributed by atoms with van der Waals surface area (Å²) in [5.41, 5.74) is 2.13. The van der Waals surface area contributed by atoms with Gasteiger partial charge in [0.25, 0.3) is 5.69 Å². The Kier molecular flexibility index (Phi) is 4.66. The first kappa shape index (κ1) is 15.1. The minimum absolute atomic E-state index is 0.0117. The van der Waals surface area contributed by atoms with Crippen molar-refractivity contribution in [3.8, 4) is 0 Å². The molecule has 0 amide bonds. The number of aliphatic hydroxyl groups is 2. The van der Waals surface area contributed by atoms with Crippen LogP contribution in [0.4, 0.5) is 11.4 Å². The lowest BCUT2D eigenvalue weighted by molar-refractivity contribution is -0.384. The molecule has 2 rings (SSSR count). The van der Waals surface area contributed by atoms with Gasteiger partial charge in [0.2, 0.25) is 0 Å². The number of fused-ring (bicyclic) bond motifs is 1. The van der Waals surface area contributed by atoms with Gasteiger partial charge in [0, 0.05) is 42.0 Å². The summed E-state index contributed by atoms with van der Waals surface area (Å²) in [6.45, 7) is 2.36. The fourth-order valence-electron chi connectivity index (χ4n) is 2.29. The van der Waals surface area contributed by atoms with E-state index in [4.69, 9.17) is 10.2 Å². The molecule has 0 aliphatic heterocycles. The molecule has 0 unspecified atom stereocenters. The third kappa shape index (κ3) is 3.26. The first-order valence-electron chi connectivity index (χ1n) is 6.59. The molecular weight excluding hydrogens is 274 g/mol. The predicted octanol–water partition coefficient (Wildman–Crippen LogP) is 1.24. The largest absolute Gasteiger partial charge is 0.395 e. The Hall–Kier alpha value is -2.25. The van der Waals surface area contributed by atoms with Crippen LogP contribution in [0.2, 0.25) is 0 Å². The van der Waals surface area contributed by atoms with Gasteiger partial charge in [-0.15, -0.1) is 0 Å².